The minimum Gasteiger partial charge on any atom is -0.504 e. The third kappa shape index (κ3) is 21.2. The Balaban J connectivity index is 0.000000501. The number of rotatable bonds is 23. The smallest absolute Gasteiger partial charge is 0.446 e. The van der Waals surface area contributed by atoms with Gasteiger partial charge in [0, 0.05) is 72.2 Å². The third-order valence-corrected chi connectivity index (χ3v) is 19.7. The van der Waals surface area contributed by atoms with Gasteiger partial charge in [-0.15, -0.1) is 0 Å². The van der Waals surface area contributed by atoms with Gasteiger partial charge >= 0.3 is 10.4 Å². The molecule has 0 aliphatic carbocycles. The first-order valence-corrected chi connectivity index (χ1v) is 36.9. The second kappa shape index (κ2) is 37.6. The lowest BCUT2D eigenvalue weighted by Gasteiger charge is -2.34. The number of hydrogen-bond acceptors (Lipinski definition) is 28. The molecule has 38 nitrogen and oxygen atoms in total. The van der Waals surface area contributed by atoms with Gasteiger partial charge in [0.05, 0.1) is 55.9 Å². The lowest BCUT2D eigenvalue weighted by atomic mass is 9.79. The number of halogens is 3. The molecule has 3 aromatic heterocycles. The van der Waals surface area contributed by atoms with Crippen molar-refractivity contribution in [1.82, 2.24) is 66.3 Å². The lowest BCUT2D eigenvalue weighted by Crippen LogP contribution is -2.64. The number of phenols is 1. The Morgan fingerprint density at radius 1 is 0.772 bits per heavy atom. The zero-order chi connectivity index (χ0) is 83.4. The summed E-state index contributed by atoms with van der Waals surface area (Å²) in [4.78, 5) is 126. The molecule has 42 heteroatoms. The quantitative estimate of drug-likeness (QED) is 0.0250. The maximum atomic E-state index is 14.7. The predicted molar refractivity (Wildman–Crippen MR) is 384 cm³/mol. The summed E-state index contributed by atoms with van der Waals surface area (Å²) >= 11 is 0. The summed E-state index contributed by atoms with van der Waals surface area (Å²) in [6.45, 7) is 4.99. The van der Waals surface area contributed by atoms with Gasteiger partial charge in [0.25, 0.3) is 5.91 Å². The highest BCUT2D eigenvalue weighted by molar-refractivity contribution is 7.81. The largest absolute Gasteiger partial charge is 0.504 e. The van der Waals surface area contributed by atoms with Crippen LogP contribution in [0.1, 0.15) is 105 Å². The van der Waals surface area contributed by atoms with Gasteiger partial charge in [0.1, 0.15) is 102 Å². The molecule has 0 bridgehead atoms. The van der Waals surface area contributed by atoms with E-state index in [-0.39, 0.29) is 23.4 Å². The molecule has 3 saturated heterocycles. The van der Waals surface area contributed by atoms with Crippen LogP contribution in [0.5, 0.6) is 17.2 Å². The minimum absolute atomic E-state index is 0.0960. The van der Waals surface area contributed by atoms with E-state index in [2.05, 4.69) is 52.3 Å². The van der Waals surface area contributed by atoms with Crippen LogP contribution < -0.4 is 41.2 Å². The molecule has 3 aliphatic rings. The minimum atomic E-state index is -5.35. The third-order valence-electron chi connectivity index (χ3n) is 19.3. The van der Waals surface area contributed by atoms with Crippen LogP contribution in [-0.2, 0) is 56.1 Å². The first-order valence-electron chi connectivity index (χ1n) is 35.5. The summed E-state index contributed by atoms with van der Waals surface area (Å²) in [5, 5.41) is 131. The summed E-state index contributed by atoms with van der Waals surface area (Å²) in [6.07, 6.45) is -12.6. The first-order chi connectivity index (χ1) is 53.9. The number of aliphatic hydroxyl groups is 9. The van der Waals surface area contributed by atoms with Crippen LogP contribution in [0.15, 0.2) is 121 Å². The molecule has 0 radical (unpaired) electrons. The van der Waals surface area contributed by atoms with Crippen molar-refractivity contribution < 1.29 is 129 Å². The fraction of sp³-hybridized carbons (Fsp3) is 0.431. The number of unbranched alkanes of at least 4 members (excludes halogenated alkanes) is 2. The van der Waals surface area contributed by atoms with E-state index in [0.29, 0.717) is 62.9 Å². The molecule has 3 aliphatic heterocycles. The number of nitrogens with two attached hydrogens (primary N) is 1. The van der Waals surface area contributed by atoms with Crippen LogP contribution in [0, 0.1) is 23.4 Å². The zero-order valence-electron chi connectivity index (χ0n) is 61.2. The monoisotopic (exact) mass is 1620 g/mol. The van der Waals surface area contributed by atoms with Crippen LogP contribution in [-0.4, -0.2) is 250 Å². The maximum Gasteiger partial charge on any atom is 0.446 e. The highest BCUT2D eigenvalue weighted by atomic mass is 32.3. The van der Waals surface area contributed by atoms with E-state index in [1.165, 1.54) is 55.4 Å². The Bertz CT molecular complexity index is 4690. The first kappa shape index (κ1) is 86.8. The van der Waals surface area contributed by atoms with Gasteiger partial charge in [-0.2, -0.15) is 13.5 Å². The number of amides is 8. The van der Waals surface area contributed by atoms with Crippen LogP contribution >= 0.6 is 0 Å². The number of hydrogen-bond donors (Lipinski definition) is 17. The Kier molecular flexibility index (Phi) is 28.7. The van der Waals surface area contributed by atoms with E-state index in [1.54, 1.807) is 30.3 Å². The predicted octanol–water partition coefficient (Wildman–Crippen LogP) is -1.73. The number of carbonyl (C=O) groups is 8. The number of nitrogens with zero attached hydrogens (tertiary/aromatic N) is 8. The Morgan fingerprint density at radius 3 is 2.09 bits per heavy atom. The SMILES string of the molecule is CCCCCOc1ccc(-c2cc(-c3ccc(C(=O)N[C@H]4C[C@@H](O)[C@@H](O)NC(=O)[C@@H]5[C@@H](O)[C@@H](C)CN5C(=O)[C@H]([C@H](O)CC(N)=O)NC(=O)[C@H]([C@H](O)[C@@H](O)c5ccc(O)c(OS(=O)(=O)O)c5)NC(=O)[C@@H]5C[C@@H](O)CN5C(=O)[C@H]([C@H](C)O)NC4=O)cc3)no2)cc1.C[C@@H](c1ncncc1F)[C@](O)(Cn1cncn1)c1ccc(F)cc1F. The maximum absolute atomic E-state index is 14.7. The lowest BCUT2D eigenvalue weighted by molar-refractivity contribution is -0.149. The number of phenolic OH excluding ortho intramolecular Hbond substituents is 1. The van der Waals surface area contributed by atoms with Crippen molar-refractivity contribution >= 4 is 57.7 Å². The molecular formula is C72H85F3N14O24S. The number of fused-ring (bicyclic) bond motifs is 2. The summed E-state index contributed by atoms with van der Waals surface area (Å²) in [7, 11) is -5.35. The van der Waals surface area contributed by atoms with E-state index in [4.69, 9.17) is 15.0 Å². The van der Waals surface area contributed by atoms with E-state index in [0.717, 1.165) is 56.9 Å². The molecule has 17 atom stereocenters. The molecule has 10 rings (SSSR count). The topological polar surface area (TPSA) is 587 Å². The van der Waals surface area contributed by atoms with Gasteiger partial charge in [-0.25, -0.2) is 32.8 Å². The standard InChI is InChI=1S/C56H71N9O23S.C16H14F3N5O/c1-4-5-6-17-86-32-14-11-28(12-15-32)39-21-33(63-87-39)27-7-9-29(10-8-27)49(75)58-34-20-38(70)52(78)62-54(80)45-46(72)25(2)23-65(45)56(82)43(37(69)22-41(57)71)60-53(79)44(48(74)47(73)30-13-16-36(68)40(18-30)88-89(83,84)85)61-51(77)35-19-31(67)24-64(35)55(81)42(26(3)66)59-50(34)76;1-10(15-14(19)5-20-7-22-15)16(25,6-24-9-21-8-23-24)12-3-2-11(17)4-13(12)18/h7-16,18,21,25-26,31,34-35,37-38,42-48,52,66-70,72-74,78H,4-6,17,19-20,22-24H2,1-3H3,(H2,57,71)(H,58,75)(H,59,76)(H,60,79)(H,61,77)(H,62,80)(H,83,84,85);2-5,7-10,25H,6H2,1H3/t25-,26-,31+,34-,35-,37+,38+,42-,43-,44-,45-,46-,47-,48-,52+;10-,16+/m00/s1. The highest BCUT2D eigenvalue weighted by Gasteiger charge is 2.51. The van der Waals surface area contributed by atoms with Gasteiger partial charge in [-0.3, -0.25) is 42.9 Å². The van der Waals surface area contributed by atoms with Gasteiger partial charge in [-0.1, -0.05) is 63.0 Å². The molecule has 3 fully saturated rings. The number of nitrogens with one attached hydrogen (secondary N) is 5. The molecule has 0 saturated carbocycles. The molecule has 6 heterocycles. The van der Waals surface area contributed by atoms with Crippen LogP contribution in [0.4, 0.5) is 13.2 Å². The fourth-order valence-electron chi connectivity index (χ4n) is 13.1. The van der Waals surface area contributed by atoms with Crippen molar-refractivity contribution in [3.8, 4) is 39.8 Å². The van der Waals surface area contributed by atoms with Crippen molar-refractivity contribution in [2.24, 2.45) is 11.7 Å². The summed E-state index contributed by atoms with van der Waals surface area (Å²) < 4.78 is 91.1. The van der Waals surface area contributed by atoms with Crippen LogP contribution in [0.25, 0.3) is 22.6 Å². The number of ether oxygens (including phenoxy) is 1. The summed E-state index contributed by atoms with van der Waals surface area (Å²) in [5.41, 5.74) is 3.91. The van der Waals surface area contributed by atoms with Gasteiger partial charge < -0.3 is 107 Å². The van der Waals surface area contributed by atoms with Crippen molar-refractivity contribution in [1.29, 1.82) is 0 Å². The zero-order valence-corrected chi connectivity index (χ0v) is 62.0. The molecule has 4 aromatic carbocycles. The molecule has 18 N–H and O–H groups in total. The van der Waals surface area contributed by atoms with Gasteiger partial charge in [0.2, 0.25) is 41.4 Å². The number of benzene rings is 4. The van der Waals surface area contributed by atoms with Crippen molar-refractivity contribution in [2.45, 2.75) is 169 Å². The van der Waals surface area contributed by atoms with E-state index in [1.807, 2.05) is 10.6 Å². The molecule has 0 spiro atoms. The second-order valence-corrected chi connectivity index (χ2v) is 28.6. The molecular weight excluding hydrogens is 1530 g/mol. The Morgan fingerprint density at radius 2 is 1.45 bits per heavy atom. The van der Waals surface area contributed by atoms with Gasteiger partial charge in [0.15, 0.2) is 29.3 Å². The molecule has 8 amide bonds. The van der Waals surface area contributed by atoms with E-state index in [9.17, 15) is 116 Å². The van der Waals surface area contributed by atoms with Crippen LogP contribution in [0.3, 0.4) is 0 Å². The van der Waals surface area contributed by atoms with Crippen molar-refractivity contribution in [2.75, 3.05) is 19.7 Å². The average molecular weight is 1620 g/mol. The van der Waals surface area contributed by atoms with Gasteiger partial charge in [-0.05, 0) is 73.5 Å². The molecule has 7 aromatic rings. The van der Waals surface area contributed by atoms with E-state index >= 15 is 0 Å². The van der Waals surface area contributed by atoms with Crippen molar-refractivity contribution in [3.63, 3.8) is 0 Å². The van der Waals surface area contributed by atoms with Crippen LogP contribution in [0.2, 0.25) is 0 Å². The second-order valence-electron chi connectivity index (χ2n) is 27.5. The normalized spacial score (nSPS) is 23.9. The van der Waals surface area contributed by atoms with Crippen molar-refractivity contribution in [3.05, 3.63) is 156 Å². The fourth-order valence-corrected chi connectivity index (χ4v) is 13.4. The number of aromatic nitrogens is 6. The number of aliphatic hydroxyl groups excluding tert-OH is 8. The highest BCUT2D eigenvalue weighted by Crippen LogP contribution is 2.40. The Hall–Kier alpha value is -11.2. The number of primary amides is 1. The summed E-state index contributed by atoms with van der Waals surface area (Å²) in [5.74, 6) is -16.4. The molecule has 0 unspecified atom stereocenters. The molecule has 114 heavy (non-hydrogen) atoms. The van der Waals surface area contributed by atoms with E-state index < -0.39 is 227 Å². The Labute approximate surface area is 647 Å². The number of carbonyl (C=O) groups excluding carboxylic acids is 8. The molecule has 614 valence electrons. The number of aromatic hydroxyl groups is 1. The average Bonchev–Trinajstić information content (AvgIpc) is 1.16. The summed E-state index contributed by atoms with van der Waals surface area (Å²) in [6, 6.07) is 6.32.